The van der Waals surface area contributed by atoms with E-state index in [9.17, 15) is 13.8 Å². The maximum atomic E-state index is 11.0. The summed E-state index contributed by atoms with van der Waals surface area (Å²) in [5, 5.41) is 16.6. The van der Waals surface area contributed by atoms with Crippen LogP contribution in [0.25, 0.3) is 0 Å². The standard InChI is InChI=1S/C6H11NO5S/c7-4(6(10)11)3-13(12)2-1-5(8)9/h4H,1-3,7H2,(H,8,9)(H,10,11)/t4-,13?/m0/s1. The number of carbonyl (C=O) groups is 2. The van der Waals surface area contributed by atoms with E-state index in [-0.39, 0.29) is 17.9 Å². The molecule has 0 bridgehead atoms. The molecule has 0 saturated carbocycles. The first-order chi connectivity index (χ1) is 5.93. The fraction of sp³-hybridized carbons (Fsp3) is 0.667. The molecule has 76 valence electrons. The van der Waals surface area contributed by atoms with Crippen LogP contribution >= 0.6 is 0 Å². The number of hydrogen-bond donors (Lipinski definition) is 3. The molecule has 0 aliphatic carbocycles. The van der Waals surface area contributed by atoms with E-state index < -0.39 is 28.8 Å². The van der Waals surface area contributed by atoms with Crippen LogP contribution in [0.3, 0.4) is 0 Å². The smallest absolute Gasteiger partial charge is 0.321 e. The number of nitrogens with two attached hydrogens (primary N) is 1. The number of aliphatic carboxylic acids is 2. The second-order valence-corrected chi connectivity index (χ2v) is 4.02. The molecule has 6 nitrogen and oxygen atoms in total. The van der Waals surface area contributed by atoms with Crippen molar-refractivity contribution in [2.75, 3.05) is 11.5 Å². The van der Waals surface area contributed by atoms with E-state index in [2.05, 4.69) is 0 Å². The summed E-state index contributed by atoms with van der Waals surface area (Å²) in [4.78, 5) is 20.2. The van der Waals surface area contributed by atoms with Crippen LogP contribution in [0.5, 0.6) is 0 Å². The van der Waals surface area contributed by atoms with E-state index in [1.54, 1.807) is 0 Å². The first-order valence-electron chi connectivity index (χ1n) is 3.48. The van der Waals surface area contributed by atoms with Gasteiger partial charge in [0.15, 0.2) is 0 Å². The van der Waals surface area contributed by atoms with E-state index in [4.69, 9.17) is 15.9 Å². The molecule has 0 fully saturated rings. The first-order valence-corrected chi connectivity index (χ1v) is 4.97. The van der Waals surface area contributed by atoms with Crippen molar-refractivity contribution in [3.63, 3.8) is 0 Å². The third-order valence-electron chi connectivity index (χ3n) is 1.23. The van der Waals surface area contributed by atoms with Crippen LogP contribution in [0.2, 0.25) is 0 Å². The van der Waals surface area contributed by atoms with E-state index in [1.165, 1.54) is 0 Å². The Hall–Kier alpha value is -0.950. The van der Waals surface area contributed by atoms with Crippen LogP contribution in [0.4, 0.5) is 0 Å². The van der Waals surface area contributed by atoms with Crippen molar-refractivity contribution in [3.05, 3.63) is 0 Å². The molecule has 0 aromatic carbocycles. The molecular weight excluding hydrogens is 198 g/mol. The molecule has 0 saturated heterocycles. The lowest BCUT2D eigenvalue weighted by Crippen LogP contribution is -2.36. The van der Waals surface area contributed by atoms with Crippen molar-refractivity contribution < 1.29 is 24.0 Å². The zero-order valence-corrected chi connectivity index (χ0v) is 7.62. The quantitative estimate of drug-likeness (QED) is 0.496. The number of rotatable bonds is 6. The molecule has 0 aromatic heterocycles. The molecule has 0 aliphatic rings. The van der Waals surface area contributed by atoms with Gasteiger partial charge in [-0.2, -0.15) is 0 Å². The molecule has 0 heterocycles. The summed E-state index contributed by atoms with van der Waals surface area (Å²) >= 11 is 0. The van der Waals surface area contributed by atoms with Gasteiger partial charge in [-0.3, -0.25) is 13.8 Å². The van der Waals surface area contributed by atoms with Gasteiger partial charge in [0, 0.05) is 22.3 Å². The van der Waals surface area contributed by atoms with Gasteiger partial charge >= 0.3 is 11.9 Å². The highest BCUT2D eigenvalue weighted by Crippen LogP contribution is 1.91. The van der Waals surface area contributed by atoms with Crippen LogP contribution in [0.15, 0.2) is 0 Å². The van der Waals surface area contributed by atoms with Crippen LogP contribution in [0.1, 0.15) is 6.42 Å². The summed E-state index contributed by atoms with van der Waals surface area (Å²) in [5.74, 6) is -2.56. The number of carboxylic acids is 2. The molecule has 7 heteroatoms. The van der Waals surface area contributed by atoms with Crippen LogP contribution in [-0.2, 0) is 20.4 Å². The summed E-state index contributed by atoms with van der Waals surface area (Å²) in [7, 11) is -1.48. The maximum Gasteiger partial charge on any atom is 0.321 e. The monoisotopic (exact) mass is 209 g/mol. The normalized spacial score (nSPS) is 14.8. The summed E-state index contributed by atoms with van der Waals surface area (Å²) in [5.41, 5.74) is 5.08. The highest BCUT2D eigenvalue weighted by atomic mass is 32.2. The first kappa shape index (κ1) is 12.0. The maximum absolute atomic E-state index is 11.0. The Labute approximate surface area is 77.2 Å². The van der Waals surface area contributed by atoms with Gasteiger partial charge in [-0.25, -0.2) is 0 Å². The summed E-state index contributed by atoms with van der Waals surface area (Å²) < 4.78 is 11.0. The minimum Gasteiger partial charge on any atom is -0.481 e. The van der Waals surface area contributed by atoms with E-state index in [0.717, 1.165) is 0 Å². The van der Waals surface area contributed by atoms with Gasteiger partial charge in [0.05, 0.1) is 6.42 Å². The highest BCUT2D eigenvalue weighted by molar-refractivity contribution is 7.85. The topological polar surface area (TPSA) is 118 Å². The van der Waals surface area contributed by atoms with Crippen LogP contribution in [-0.4, -0.2) is 43.9 Å². The van der Waals surface area contributed by atoms with Gasteiger partial charge in [0.1, 0.15) is 6.04 Å². The summed E-state index contributed by atoms with van der Waals surface area (Å²) in [6.45, 7) is 0. The Morgan fingerprint density at radius 2 is 1.92 bits per heavy atom. The SMILES string of the molecule is N[C@@H](CS(=O)CCC(=O)O)C(=O)O. The second-order valence-electron chi connectivity index (χ2n) is 2.40. The molecule has 0 amide bonds. The Bertz CT molecular complexity index is 229. The molecule has 0 radical (unpaired) electrons. The van der Waals surface area contributed by atoms with Gasteiger partial charge in [-0.1, -0.05) is 0 Å². The highest BCUT2D eigenvalue weighted by Gasteiger charge is 2.15. The lowest BCUT2D eigenvalue weighted by Gasteiger charge is -2.04. The Kier molecular flexibility index (Phi) is 5.24. The minimum absolute atomic E-state index is 0.0592. The fourth-order valence-corrected chi connectivity index (χ4v) is 1.67. The van der Waals surface area contributed by atoms with Gasteiger partial charge in [-0.05, 0) is 0 Å². The summed E-state index contributed by atoms with van der Waals surface area (Å²) in [6, 6.07) is -1.19. The third-order valence-corrected chi connectivity index (χ3v) is 2.62. The molecule has 0 spiro atoms. The molecule has 0 aliphatic heterocycles. The molecule has 1 unspecified atom stereocenters. The number of hydrogen-bond acceptors (Lipinski definition) is 4. The van der Waals surface area contributed by atoms with Crippen molar-refractivity contribution >= 4 is 22.7 Å². The van der Waals surface area contributed by atoms with Crippen molar-refractivity contribution in [1.82, 2.24) is 0 Å². The Morgan fingerprint density at radius 3 is 2.31 bits per heavy atom. The van der Waals surface area contributed by atoms with Crippen molar-refractivity contribution in [2.45, 2.75) is 12.5 Å². The predicted octanol–water partition coefficient (Wildman–Crippen LogP) is -1.38. The van der Waals surface area contributed by atoms with E-state index in [1.807, 2.05) is 0 Å². The van der Waals surface area contributed by atoms with Gasteiger partial charge < -0.3 is 15.9 Å². The molecular formula is C6H11NO5S. The minimum atomic E-state index is -1.48. The number of carboxylic acid groups (broad SMARTS) is 2. The fourth-order valence-electron chi connectivity index (χ4n) is 0.556. The van der Waals surface area contributed by atoms with Gasteiger partial charge in [0.2, 0.25) is 0 Å². The molecule has 0 aromatic rings. The average molecular weight is 209 g/mol. The van der Waals surface area contributed by atoms with Gasteiger partial charge in [0.25, 0.3) is 0 Å². The zero-order chi connectivity index (χ0) is 10.4. The lowest BCUT2D eigenvalue weighted by atomic mass is 10.4. The molecule has 0 rings (SSSR count). The largest absolute Gasteiger partial charge is 0.481 e. The van der Waals surface area contributed by atoms with E-state index in [0.29, 0.717) is 0 Å². The lowest BCUT2D eigenvalue weighted by molar-refractivity contribution is -0.138. The van der Waals surface area contributed by atoms with Gasteiger partial charge in [-0.15, -0.1) is 0 Å². The Balaban J connectivity index is 3.74. The van der Waals surface area contributed by atoms with Crippen molar-refractivity contribution in [1.29, 1.82) is 0 Å². The van der Waals surface area contributed by atoms with Crippen molar-refractivity contribution in [2.24, 2.45) is 5.73 Å². The van der Waals surface area contributed by atoms with Crippen molar-refractivity contribution in [3.8, 4) is 0 Å². The molecule has 2 atom stereocenters. The second kappa shape index (κ2) is 5.65. The Morgan fingerprint density at radius 1 is 1.38 bits per heavy atom. The average Bonchev–Trinajstić information content (AvgIpc) is 2.00. The third kappa shape index (κ3) is 6.23. The van der Waals surface area contributed by atoms with Crippen LogP contribution in [0, 0.1) is 0 Å². The zero-order valence-electron chi connectivity index (χ0n) is 6.80. The summed E-state index contributed by atoms with van der Waals surface area (Å²) in [6.07, 6.45) is -0.237. The molecule has 13 heavy (non-hydrogen) atoms. The van der Waals surface area contributed by atoms with E-state index >= 15 is 0 Å². The molecule has 4 N–H and O–H groups in total. The van der Waals surface area contributed by atoms with Crippen LogP contribution < -0.4 is 5.73 Å². The predicted molar refractivity (Wildman–Crippen MR) is 45.7 cm³/mol.